The second kappa shape index (κ2) is 8.43. The highest BCUT2D eigenvalue weighted by Crippen LogP contribution is 2.36. The molecule has 0 fully saturated rings. The zero-order valence-electron chi connectivity index (χ0n) is 18.0. The van der Waals surface area contributed by atoms with E-state index in [1.165, 1.54) is 29.2 Å². The van der Waals surface area contributed by atoms with Crippen LogP contribution in [0.4, 0.5) is 4.39 Å². The lowest BCUT2D eigenvalue weighted by Gasteiger charge is -2.21. The smallest absolute Gasteiger partial charge is 0.278 e. The summed E-state index contributed by atoms with van der Waals surface area (Å²) in [6, 6.07) is 20.6. The Morgan fingerprint density at radius 3 is 2.36 bits per heavy atom. The number of ether oxygens (including phenoxy) is 2. The number of hydrogen-bond donors (Lipinski definition) is 0. The minimum atomic E-state index is -0.417. The highest BCUT2D eigenvalue weighted by molar-refractivity contribution is 6.35. The number of halogens is 1. The first-order chi connectivity index (χ1) is 16.0. The topological polar surface area (TPSA) is 59.1 Å². The lowest BCUT2D eigenvalue weighted by atomic mass is 10.0. The van der Waals surface area contributed by atoms with Gasteiger partial charge in [-0.3, -0.25) is 14.5 Å². The van der Waals surface area contributed by atoms with E-state index >= 15 is 0 Å². The summed E-state index contributed by atoms with van der Waals surface area (Å²) in [5.41, 5.74) is 2.79. The molecule has 0 saturated carbocycles. The number of carbonyl (C=O) groups excluding carboxylic acids is 2. The molecule has 0 radical (unpaired) electrons. The first kappa shape index (κ1) is 20.8. The van der Waals surface area contributed by atoms with Crippen LogP contribution < -0.4 is 9.47 Å². The number of benzene rings is 3. The van der Waals surface area contributed by atoms with Gasteiger partial charge in [0, 0.05) is 13.6 Å². The maximum atomic E-state index is 13.6. The molecule has 0 bridgehead atoms. The predicted octanol–water partition coefficient (Wildman–Crippen LogP) is 3.97. The molecule has 0 spiro atoms. The highest BCUT2D eigenvalue weighted by Gasteiger charge is 2.40. The summed E-state index contributed by atoms with van der Waals surface area (Å²) < 4.78 is 24.3. The average molecular weight is 444 g/mol. The summed E-state index contributed by atoms with van der Waals surface area (Å²) in [4.78, 5) is 30.0. The fraction of sp³-hybridized carbons (Fsp3) is 0.154. The van der Waals surface area contributed by atoms with Crippen molar-refractivity contribution in [3.8, 4) is 11.5 Å². The predicted molar refractivity (Wildman–Crippen MR) is 119 cm³/mol. The SMILES string of the molecule is CN(Cc1ccccc1)C1=C(c2ccc(F)cc2)C(=O)N(Cc2ccc3c(c2)OCO3)C1=O. The molecule has 0 atom stereocenters. The van der Waals surface area contributed by atoms with Crippen LogP contribution in [0.25, 0.3) is 5.57 Å². The van der Waals surface area contributed by atoms with Crippen molar-refractivity contribution in [1.82, 2.24) is 9.80 Å². The summed E-state index contributed by atoms with van der Waals surface area (Å²) in [6.07, 6.45) is 0. The number of rotatable bonds is 6. The first-order valence-corrected chi connectivity index (χ1v) is 10.5. The number of fused-ring (bicyclic) bond motifs is 1. The van der Waals surface area contributed by atoms with E-state index in [4.69, 9.17) is 9.47 Å². The Morgan fingerprint density at radius 1 is 0.879 bits per heavy atom. The molecule has 0 saturated heterocycles. The summed E-state index contributed by atoms with van der Waals surface area (Å²) in [6.45, 7) is 0.671. The maximum Gasteiger partial charge on any atom is 0.278 e. The second-order valence-electron chi connectivity index (χ2n) is 7.96. The van der Waals surface area contributed by atoms with Gasteiger partial charge in [0.2, 0.25) is 6.79 Å². The van der Waals surface area contributed by atoms with Gasteiger partial charge in [-0.25, -0.2) is 4.39 Å². The molecule has 5 rings (SSSR count). The molecule has 2 aliphatic rings. The zero-order valence-corrected chi connectivity index (χ0v) is 18.0. The quantitative estimate of drug-likeness (QED) is 0.539. The first-order valence-electron chi connectivity index (χ1n) is 10.5. The number of likely N-dealkylation sites (N-methyl/N-ethyl adjacent to an activating group) is 1. The van der Waals surface area contributed by atoms with Crippen molar-refractivity contribution >= 4 is 17.4 Å². The van der Waals surface area contributed by atoms with Crippen molar-refractivity contribution in [1.29, 1.82) is 0 Å². The Kier molecular flexibility index (Phi) is 5.30. The Balaban J connectivity index is 1.50. The minimum Gasteiger partial charge on any atom is -0.454 e. The minimum absolute atomic E-state index is 0.0850. The van der Waals surface area contributed by atoms with Crippen LogP contribution in [0, 0.1) is 5.82 Å². The Bertz CT molecular complexity index is 1260. The lowest BCUT2D eigenvalue weighted by molar-refractivity contribution is -0.138. The molecule has 6 nitrogen and oxygen atoms in total. The van der Waals surface area contributed by atoms with Gasteiger partial charge in [0.1, 0.15) is 11.5 Å². The Labute approximate surface area is 190 Å². The molecule has 2 aliphatic heterocycles. The van der Waals surface area contributed by atoms with Gasteiger partial charge in [-0.1, -0.05) is 48.5 Å². The Morgan fingerprint density at radius 2 is 1.61 bits per heavy atom. The van der Waals surface area contributed by atoms with Gasteiger partial charge < -0.3 is 14.4 Å². The fourth-order valence-corrected chi connectivity index (χ4v) is 4.10. The number of nitrogens with zero attached hydrogens (tertiary/aromatic N) is 2. The van der Waals surface area contributed by atoms with E-state index in [1.807, 2.05) is 30.3 Å². The van der Waals surface area contributed by atoms with Crippen LogP contribution in [0.1, 0.15) is 16.7 Å². The summed E-state index contributed by atoms with van der Waals surface area (Å²) in [5, 5.41) is 0. The van der Waals surface area contributed by atoms with Crippen molar-refractivity contribution in [2.45, 2.75) is 13.1 Å². The van der Waals surface area contributed by atoms with Crippen molar-refractivity contribution in [3.05, 3.63) is 101 Å². The van der Waals surface area contributed by atoms with Crippen molar-refractivity contribution in [3.63, 3.8) is 0 Å². The fourth-order valence-electron chi connectivity index (χ4n) is 4.10. The number of hydrogen-bond acceptors (Lipinski definition) is 5. The van der Waals surface area contributed by atoms with Crippen LogP contribution in [0.2, 0.25) is 0 Å². The molecule has 166 valence electrons. The molecule has 3 aromatic carbocycles. The van der Waals surface area contributed by atoms with Crippen LogP contribution in [-0.2, 0) is 22.7 Å². The van der Waals surface area contributed by atoms with Gasteiger partial charge in [-0.15, -0.1) is 0 Å². The molecule has 0 unspecified atom stereocenters. The average Bonchev–Trinajstić information content (AvgIpc) is 3.38. The summed E-state index contributed by atoms with van der Waals surface area (Å²) >= 11 is 0. The van der Waals surface area contributed by atoms with Crippen LogP contribution in [-0.4, -0.2) is 35.5 Å². The lowest BCUT2D eigenvalue weighted by Crippen LogP contribution is -2.33. The van der Waals surface area contributed by atoms with Gasteiger partial charge in [-0.05, 0) is 41.0 Å². The molecule has 2 heterocycles. The van der Waals surface area contributed by atoms with E-state index in [-0.39, 0.29) is 24.6 Å². The van der Waals surface area contributed by atoms with Gasteiger partial charge in [0.15, 0.2) is 11.5 Å². The molecule has 0 aromatic heterocycles. The van der Waals surface area contributed by atoms with E-state index < -0.39 is 17.6 Å². The third kappa shape index (κ3) is 3.93. The van der Waals surface area contributed by atoms with Crippen molar-refractivity contribution in [2.24, 2.45) is 0 Å². The molecule has 0 N–H and O–H groups in total. The van der Waals surface area contributed by atoms with E-state index in [2.05, 4.69) is 0 Å². The summed E-state index contributed by atoms with van der Waals surface area (Å²) in [7, 11) is 1.78. The normalized spacial score (nSPS) is 14.9. The molecule has 3 aromatic rings. The second-order valence-corrected chi connectivity index (χ2v) is 7.96. The van der Waals surface area contributed by atoms with E-state index in [9.17, 15) is 14.0 Å². The number of carbonyl (C=O) groups is 2. The Hall–Kier alpha value is -4.13. The van der Waals surface area contributed by atoms with Crippen molar-refractivity contribution < 1.29 is 23.5 Å². The largest absolute Gasteiger partial charge is 0.454 e. The standard InChI is InChI=1S/C26H21FN2O4/c1-28(14-17-5-3-2-4-6-17)24-23(19-8-10-20(27)11-9-19)25(30)29(26(24)31)15-18-7-12-21-22(13-18)33-16-32-21/h2-13H,14-16H2,1H3. The third-order valence-corrected chi connectivity index (χ3v) is 5.70. The van der Waals surface area contributed by atoms with Crippen molar-refractivity contribution in [2.75, 3.05) is 13.8 Å². The molecule has 7 heteroatoms. The van der Waals surface area contributed by atoms with Crippen LogP contribution >= 0.6 is 0 Å². The zero-order chi connectivity index (χ0) is 22.9. The highest BCUT2D eigenvalue weighted by atomic mass is 19.1. The maximum absolute atomic E-state index is 13.6. The van der Waals surface area contributed by atoms with Crippen LogP contribution in [0.5, 0.6) is 11.5 Å². The number of imide groups is 1. The molecule has 0 aliphatic carbocycles. The number of amides is 2. The van der Waals surface area contributed by atoms with Crippen LogP contribution in [0.15, 0.2) is 78.5 Å². The molecule has 2 amide bonds. The molecular formula is C26H21FN2O4. The monoisotopic (exact) mass is 444 g/mol. The molecule has 33 heavy (non-hydrogen) atoms. The van der Waals surface area contributed by atoms with Crippen LogP contribution in [0.3, 0.4) is 0 Å². The van der Waals surface area contributed by atoms with Gasteiger partial charge >= 0.3 is 0 Å². The summed E-state index contributed by atoms with van der Waals surface area (Å²) in [5.74, 6) is -0.00639. The third-order valence-electron chi connectivity index (χ3n) is 5.70. The van der Waals surface area contributed by atoms with Gasteiger partial charge in [-0.2, -0.15) is 0 Å². The van der Waals surface area contributed by atoms with E-state index in [1.54, 1.807) is 30.1 Å². The molecular weight excluding hydrogens is 423 g/mol. The van der Waals surface area contributed by atoms with Gasteiger partial charge in [0.25, 0.3) is 11.8 Å². The van der Waals surface area contributed by atoms with E-state index in [0.29, 0.717) is 23.6 Å². The van der Waals surface area contributed by atoms with Gasteiger partial charge in [0.05, 0.1) is 12.1 Å². The van der Waals surface area contributed by atoms with E-state index in [0.717, 1.165) is 11.1 Å².